The van der Waals surface area contributed by atoms with Crippen molar-refractivity contribution in [2.45, 2.75) is 37.0 Å². The number of likely N-dealkylation sites (tertiary alicyclic amines) is 1. The van der Waals surface area contributed by atoms with Gasteiger partial charge in [-0.2, -0.15) is 5.10 Å². The molecule has 4 rings (SSSR count). The molecule has 0 bridgehead atoms. The summed E-state index contributed by atoms with van der Waals surface area (Å²) in [5.41, 5.74) is 2.64. The maximum atomic E-state index is 13.3. The monoisotopic (exact) mass is 369 g/mol. The molecular formula is C21H28FN5. The molecule has 1 aliphatic heterocycles. The number of nitrogens with zero attached hydrogens (tertiary/aromatic N) is 4. The molecule has 0 spiro atoms. The zero-order valence-electron chi connectivity index (χ0n) is 16.2. The summed E-state index contributed by atoms with van der Waals surface area (Å²) in [6.45, 7) is 2.82. The molecule has 2 aromatic rings. The highest BCUT2D eigenvalue weighted by Gasteiger charge is 2.39. The second-order valence-corrected chi connectivity index (χ2v) is 7.92. The van der Waals surface area contributed by atoms with Crippen molar-refractivity contribution in [2.75, 3.05) is 26.7 Å². The van der Waals surface area contributed by atoms with E-state index in [1.54, 1.807) is 12.1 Å². The lowest BCUT2D eigenvalue weighted by molar-refractivity contribution is 0.241. The minimum atomic E-state index is -0.171. The number of nitrogens with one attached hydrogen (secondary N) is 1. The fourth-order valence-electron chi connectivity index (χ4n) is 4.43. The lowest BCUT2D eigenvalue weighted by atomic mass is 9.64. The van der Waals surface area contributed by atoms with Crippen LogP contribution < -0.4 is 5.32 Å². The molecule has 1 aromatic carbocycles. The zero-order valence-corrected chi connectivity index (χ0v) is 16.2. The molecule has 1 saturated heterocycles. The molecule has 2 aliphatic rings. The maximum absolute atomic E-state index is 13.3. The molecular weight excluding hydrogens is 341 g/mol. The molecule has 2 heterocycles. The second-order valence-electron chi connectivity index (χ2n) is 7.92. The van der Waals surface area contributed by atoms with Gasteiger partial charge in [0.05, 0.1) is 6.20 Å². The van der Waals surface area contributed by atoms with Crippen LogP contribution in [0.2, 0.25) is 0 Å². The fraction of sp³-hybridized carbons (Fsp3) is 0.524. The molecule has 1 atom stereocenters. The molecule has 6 heteroatoms. The van der Waals surface area contributed by atoms with Gasteiger partial charge in [-0.25, -0.2) is 4.39 Å². The lowest BCUT2D eigenvalue weighted by Gasteiger charge is -2.43. The summed E-state index contributed by atoms with van der Waals surface area (Å²) < 4.78 is 15.2. The van der Waals surface area contributed by atoms with Crippen LogP contribution >= 0.6 is 0 Å². The van der Waals surface area contributed by atoms with Crippen molar-refractivity contribution in [1.82, 2.24) is 20.0 Å². The number of aromatic nitrogens is 2. The van der Waals surface area contributed by atoms with Gasteiger partial charge in [0.2, 0.25) is 0 Å². The van der Waals surface area contributed by atoms with Crippen molar-refractivity contribution < 1.29 is 4.39 Å². The fourth-order valence-corrected chi connectivity index (χ4v) is 4.43. The number of aliphatic imine (C=N–C) groups is 1. The van der Waals surface area contributed by atoms with Gasteiger partial charge in [-0.05, 0) is 42.5 Å². The van der Waals surface area contributed by atoms with E-state index in [4.69, 9.17) is 0 Å². The highest BCUT2D eigenvalue weighted by molar-refractivity contribution is 5.80. The third-order valence-electron chi connectivity index (χ3n) is 6.25. The first-order valence-electron chi connectivity index (χ1n) is 9.80. The van der Waals surface area contributed by atoms with E-state index in [2.05, 4.69) is 26.5 Å². The molecule has 5 nitrogen and oxygen atoms in total. The highest BCUT2D eigenvalue weighted by Crippen LogP contribution is 2.43. The van der Waals surface area contributed by atoms with Gasteiger partial charge in [-0.3, -0.25) is 9.67 Å². The normalized spacial score (nSPS) is 22.0. The van der Waals surface area contributed by atoms with Crippen molar-refractivity contribution >= 4 is 5.96 Å². The van der Waals surface area contributed by atoms with Crippen molar-refractivity contribution in [2.24, 2.45) is 12.0 Å². The summed E-state index contributed by atoms with van der Waals surface area (Å²) in [6.07, 6.45) is 8.71. The van der Waals surface area contributed by atoms with Crippen molar-refractivity contribution in [3.8, 4) is 0 Å². The van der Waals surface area contributed by atoms with E-state index in [1.165, 1.54) is 17.5 Å². The SMILES string of the molecule is CN=C(NCC1(c2ccc(F)cc2)CCC1)N1CCC(c2cnn(C)c2)C1. The Balaban J connectivity index is 1.40. The molecule has 144 valence electrons. The van der Waals surface area contributed by atoms with Gasteiger partial charge in [0, 0.05) is 51.3 Å². The minimum absolute atomic E-state index is 0.103. The van der Waals surface area contributed by atoms with Crippen LogP contribution in [0.5, 0.6) is 0 Å². The Labute approximate surface area is 160 Å². The van der Waals surface area contributed by atoms with E-state index < -0.39 is 0 Å². The van der Waals surface area contributed by atoms with Crippen molar-refractivity contribution in [3.63, 3.8) is 0 Å². The number of hydrogen-bond donors (Lipinski definition) is 1. The first kappa shape index (κ1) is 18.0. The first-order valence-corrected chi connectivity index (χ1v) is 9.80. The second kappa shape index (κ2) is 7.33. The van der Waals surface area contributed by atoms with Crippen LogP contribution in [0.3, 0.4) is 0 Å². The smallest absolute Gasteiger partial charge is 0.193 e. The van der Waals surface area contributed by atoms with Gasteiger partial charge in [0.25, 0.3) is 0 Å². The Kier molecular flexibility index (Phi) is 4.89. The quantitative estimate of drug-likeness (QED) is 0.666. The van der Waals surface area contributed by atoms with Crippen LogP contribution in [-0.4, -0.2) is 47.3 Å². The van der Waals surface area contributed by atoms with Gasteiger partial charge in [0.1, 0.15) is 5.82 Å². The molecule has 1 N–H and O–H groups in total. The molecule has 0 amide bonds. The minimum Gasteiger partial charge on any atom is -0.355 e. The average Bonchev–Trinajstić information content (AvgIpc) is 3.28. The van der Waals surface area contributed by atoms with E-state index in [0.717, 1.165) is 44.9 Å². The molecule has 1 aromatic heterocycles. The Hall–Kier alpha value is -2.37. The third-order valence-corrected chi connectivity index (χ3v) is 6.25. The summed E-state index contributed by atoms with van der Waals surface area (Å²) >= 11 is 0. The van der Waals surface area contributed by atoms with Gasteiger partial charge >= 0.3 is 0 Å². The topological polar surface area (TPSA) is 45.5 Å². The van der Waals surface area contributed by atoms with Gasteiger partial charge < -0.3 is 10.2 Å². The maximum Gasteiger partial charge on any atom is 0.193 e. The molecule has 1 saturated carbocycles. The first-order chi connectivity index (χ1) is 13.1. The number of halogens is 1. The molecule has 2 fully saturated rings. The summed E-state index contributed by atoms with van der Waals surface area (Å²) in [6, 6.07) is 7.02. The molecule has 27 heavy (non-hydrogen) atoms. The number of aryl methyl sites for hydroxylation is 1. The highest BCUT2D eigenvalue weighted by atomic mass is 19.1. The third kappa shape index (κ3) is 3.57. The van der Waals surface area contributed by atoms with Gasteiger partial charge in [-0.1, -0.05) is 18.6 Å². The Bertz CT molecular complexity index is 806. The lowest BCUT2D eigenvalue weighted by Crippen LogP contribution is -2.49. The van der Waals surface area contributed by atoms with Crippen LogP contribution in [0, 0.1) is 5.82 Å². The van der Waals surface area contributed by atoms with Crippen LogP contribution in [0.25, 0.3) is 0 Å². The number of guanidine groups is 1. The van der Waals surface area contributed by atoms with E-state index >= 15 is 0 Å². The van der Waals surface area contributed by atoms with Gasteiger partial charge in [-0.15, -0.1) is 0 Å². The number of benzene rings is 1. The standard InChI is InChI=1S/C21H28FN5/c1-23-20(27-11-8-16(14-27)17-12-25-26(2)13-17)24-15-21(9-3-10-21)18-4-6-19(22)7-5-18/h4-7,12-13,16H,3,8-11,14-15H2,1-2H3,(H,23,24). The molecule has 0 radical (unpaired) electrons. The van der Waals surface area contributed by atoms with E-state index in [0.29, 0.717) is 5.92 Å². The summed E-state index contributed by atoms with van der Waals surface area (Å²) in [7, 11) is 3.81. The van der Waals surface area contributed by atoms with Crippen LogP contribution in [-0.2, 0) is 12.5 Å². The zero-order chi connectivity index (χ0) is 18.9. The van der Waals surface area contributed by atoms with Crippen LogP contribution in [0.4, 0.5) is 4.39 Å². The Morgan fingerprint density at radius 3 is 2.70 bits per heavy atom. The Morgan fingerprint density at radius 2 is 2.11 bits per heavy atom. The van der Waals surface area contributed by atoms with E-state index in [1.807, 2.05) is 37.1 Å². The number of rotatable bonds is 4. The Morgan fingerprint density at radius 1 is 1.33 bits per heavy atom. The summed E-state index contributed by atoms with van der Waals surface area (Å²) in [5, 5.41) is 7.91. The van der Waals surface area contributed by atoms with Gasteiger partial charge in [0.15, 0.2) is 5.96 Å². The summed E-state index contributed by atoms with van der Waals surface area (Å²) in [4.78, 5) is 6.87. The predicted octanol–water partition coefficient (Wildman–Crippen LogP) is 3.05. The number of hydrogen-bond acceptors (Lipinski definition) is 2. The van der Waals surface area contributed by atoms with E-state index in [9.17, 15) is 4.39 Å². The molecule has 1 aliphatic carbocycles. The largest absolute Gasteiger partial charge is 0.355 e. The van der Waals surface area contributed by atoms with Crippen LogP contribution in [0.1, 0.15) is 42.7 Å². The van der Waals surface area contributed by atoms with Crippen LogP contribution in [0.15, 0.2) is 41.7 Å². The van der Waals surface area contributed by atoms with E-state index in [-0.39, 0.29) is 11.2 Å². The summed E-state index contributed by atoms with van der Waals surface area (Å²) in [5.74, 6) is 1.30. The molecule has 1 unspecified atom stereocenters. The average molecular weight is 369 g/mol. The van der Waals surface area contributed by atoms with Crippen molar-refractivity contribution in [3.05, 3.63) is 53.6 Å². The predicted molar refractivity (Wildman–Crippen MR) is 105 cm³/mol. The van der Waals surface area contributed by atoms with Crippen molar-refractivity contribution in [1.29, 1.82) is 0 Å².